The van der Waals surface area contributed by atoms with Crippen molar-refractivity contribution in [2.75, 3.05) is 25.4 Å². The number of hydrogen-bond acceptors (Lipinski definition) is 9. The monoisotopic (exact) mass is 569 g/mol. The van der Waals surface area contributed by atoms with E-state index in [0.717, 1.165) is 55.3 Å². The van der Waals surface area contributed by atoms with Gasteiger partial charge in [-0.2, -0.15) is 9.61 Å². The number of benzene rings is 1. The zero-order valence-corrected chi connectivity index (χ0v) is 22.8. The molecule has 0 bridgehead atoms. The SMILES string of the molecule is C=CCOc1ccccc1CN1CCCC(c2cc(N)n3nc(C)cc3n2)C1.O=C(O)CC(O)(CC(=O)O)C(=O)O. The van der Waals surface area contributed by atoms with E-state index in [0.29, 0.717) is 18.3 Å². The van der Waals surface area contributed by atoms with Gasteiger partial charge in [0.25, 0.3) is 0 Å². The quantitative estimate of drug-likeness (QED) is 0.211. The standard InChI is InChI=1S/C22H27N5O.C6H8O7/c1-3-11-28-20-9-5-4-7-18(20)15-26-10-6-8-17(14-26)19-13-21(23)27-22(24-19)12-16(2)25-27;7-3(8)1-6(13,5(11)12)2-4(9)10/h3-5,7,9,12-13,17H,1,6,8,10-11,14-15,23H2,2H3;13H,1-2H2,(H,7,8)(H,9,10)(H,11,12). The maximum atomic E-state index is 10.3. The number of likely N-dealkylation sites (tertiary alicyclic amines) is 1. The van der Waals surface area contributed by atoms with Crippen LogP contribution < -0.4 is 10.5 Å². The minimum Gasteiger partial charge on any atom is -0.489 e. The minimum absolute atomic E-state index is 0.373. The fraction of sp³-hybridized carbons (Fsp3) is 0.393. The summed E-state index contributed by atoms with van der Waals surface area (Å²) in [5.74, 6) is -3.07. The summed E-state index contributed by atoms with van der Waals surface area (Å²) in [6.45, 7) is 9.13. The van der Waals surface area contributed by atoms with Crippen LogP contribution in [-0.4, -0.2) is 83.1 Å². The molecule has 0 amide bonds. The van der Waals surface area contributed by atoms with E-state index >= 15 is 0 Å². The summed E-state index contributed by atoms with van der Waals surface area (Å²) in [5, 5.41) is 38.2. The number of anilines is 1. The number of ether oxygens (including phenoxy) is 1. The van der Waals surface area contributed by atoms with Crippen molar-refractivity contribution in [1.29, 1.82) is 0 Å². The van der Waals surface area contributed by atoms with Crippen molar-refractivity contribution in [2.45, 2.75) is 50.7 Å². The normalized spacial score (nSPS) is 15.5. The Kier molecular flexibility index (Phi) is 10.4. The van der Waals surface area contributed by atoms with Gasteiger partial charge in [-0.3, -0.25) is 14.5 Å². The highest BCUT2D eigenvalue weighted by molar-refractivity contribution is 5.88. The smallest absolute Gasteiger partial charge is 0.336 e. The number of aromatic nitrogens is 3. The summed E-state index contributed by atoms with van der Waals surface area (Å²) in [7, 11) is 0. The van der Waals surface area contributed by atoms with Crippen LogP contribution in [0.25, 0.3) is 5.65 Å². The molecule has 0 spiro atoms. The first-order chi connectivity index (χ1) is 19.4. The van der Waals surface area contributed by atoms with Crippen LogP contribution in [0.5, 0.6) is 5.75 Å². The van der Waals surface area contributed by atoms with Gasteiger partial charge in [0, 0.05) is 36.7 Å². The molecule has 6 N–H and O–H groups in total. The number of carboxylic acid groups (broad SMARTS) is 3. The summed E-state index contributed by atoms with van der Waals surface area (Å²) in [6, 6.07) is 12.2. The lowest BCUT2D eigenvalue weighted by atomic mass is 9.94. The Hall–Kier alpha value is -4.49. The molecule has 41 heavy (non-hydrogen) atoms. The van der Waals surface area contributed by atoms with E-state index in [9.17, 15) is 14.4 Å². The first kappa shape index (κ1) is 31.0. The van der Waals surface area contributed by atoms with Gasteiger partial charge in [-0.25, -0.2) is 9.78 Å². The average Bonchev–Trinajstić information content (AvgIpc) is 3.28. The van der Waals surface area contributed by atoms with Gasteiger partial charge in [0.1, 0.15) is 18.2 Å². The van der Waals surface area contributed by atoms with Crippen LogP contribution in [-0.2, 0) is 20.9 Å². The molecule has 1 aromatic carbocycles. The second-order valence-electron chi connectivity index (χ2n) is 9.92. The van der Waals surface area contributed by atoms with Crippen molar-refractivity contribution < 1.29 is 39.5 Å². The predicted octanol–water partition coefficient (Wildman–Crippen LogP) is 2.32. The Balaban J connectivity index is 0.000000302. The van der Waals surface area contributed by atoms with E-state index in [4.69, 9.17) is 35.9 Å². The molecule has 1 aliphatic rings. The molecule has 1 atom stereocenters. The largest absolute Gasteiger partial charge is 0.489 e. The van der Waals surface area contributed by atoms with Crippen LogP contribution in [0.4, 0.5) is 5.82 Å². The van der Waals surface area contributed by atoms with Crippen LogP contribution in [0.15, 0.2) is 49.1 Å². The number of nitrogens with two attached hydrogens (primary N) is 1. The molecule has 1 fully saturated rings. The number of aryl methyl sites for hydroxylation is 1. The van der Waals surface area contributed by atoms with E-state index in [-0.39, 0.29) is 0 Å². The van der Waals surface area contributed by atoms with Crippen LogP contribution in [0.2, 0.25) is 0 Å². The van der Waals surface area contributed by atoms with Gasteiger partial charge in [0.2, 0.25) is 0 Å². The molecule has 13 heteroatoms. The highest BCUT2D eigenvalue weighted by Gasteiger charge is 2.40. The molecule has 1 aliphatic heterocycles. The van der Waals surface area contributed by atoms with Crippen molar-refractivity contribution in [1.82, 2.24) is 19.5 Å². The number of piperidine rings is 1. The second-order valence-corrected chi connectivity index (χ2v) is 9.92. The number of fused-ring (bicyclic) bond motifs is 1. The van der Waals surface area contributed by atoms with E-state index in [1.807, 2.05) is 31.2 Å². The van der Waals surface area contributed by atoms with Crippen LogP contribution in [0, 0.1) is 6.92 Å². The van der Waals surface area contributed by atoms with Crippen molar-refractivity contribution in [3.63, 3.8) is 0 Å². The first-order valence-electron chi connectivity index (χ1n) is 13.0. The van der Waals surface area contributed by atoms with E-state index in [2.05, 4.69) is 28.7 Å². The highest BCUT2D eigenvalue weighted by atomic mass is 16.5. The zero-order valence-electron chi connectivity index (χ0n) is 22.8. The summed E-state index contributed by atoms with van der Waals surface area (Å²) in [6.07, 6.45) is 1.76. The van der Waals surface area contributed by atoms with E-state index in [1.54, 1.807) is 10.6 Å². The predicted molar refractivity (Wildman–Crippen MR) is 149 cm³/mol. The van der Waals surface area contributed by atoms with Crippen LogP contribution in [0.1, 0.15) is 48.6 Å². The third kappa shape index (κ3) is 8.50. The average molecular weight is 570 g/mol. The fourth-order valence-electron chi connectivity index (χ4n) is 4.66. The van der Waals surface area contributed by atoms with E-state index in [1.165, 1.54) is 5.56 Å². The lowest BCUT2D eigenvalue weighted by Gasteiger charge is -2.33. The fourth-order valence-corrected chi connectivity index (χ4v) is 4.66. The van der Waals surface area contributed by atoms with Crippen molar-refractivity contribution in [3.8, 4) is 5.75 Å². The Morgan fingerprint density at radius 3 is 2.49 bits per heavy atom. The first-order valence-corrected chi connectivity index (χ1v) is 13.0. The molecule has 2 aromatic heterocycles. The van der Waals surface area contributed by atoms with Crippen molar-refractivity contribution in [2.24, 2.45) is 0 Å². The lowest BCUT2D eigenvalue weighted by molar-refractivity contribution is -0.170. The van der Waals surface area contributed by atoms with Crippen LogP contribution in [0.3, 0.4) is 0 Å². The second kappa shape index (κ2) is 13.7. The Morgan fingerprint density at radius 1 is 1.17 bits per heavy atom. The highest BCUT2D eigenvalue weighted by Crippen LogP contribution is 2.29. The molecule has 0 radical (unpaired) electrons. The minimum atomic E-state index is -2.74. The molecular formula is C28H35N5O8. The Labute approximate surface area is 236 Å². The molecule has 0 aliphatic carbocycles. The maximum Gasteiger partial charge on any atom is 0.336 e. The molecular weight excluding hydrogens is 534 g/mol. The zero-order chi connectivity index (χ0) is 30.2. The molecule has 13 nitrogen and oxygen atoms in total. The van der Waals surface area contributed by atoms with E-state index < -0.39 is 36.4 Å². The molecule has 4 rings (SSSR count). The van der Waals surface area contributed by atoms with Gasteiger partial charge in [0.15, 0.2) is 11.2 Å². The molecule has 1 saturated heterocycles. The number of carboxylic acids is 3. The summed E-state index contributed by atoms with van der Waals surface area (Å²) >= 11 is 0. The number of hydrogen-bond donors (Lipinski definition) is 5. The van der Waals surface area contributed by atoms with Gasteiger partial charge >= 0.3 is 17.9 Å². The summed E-state index contributed by atoms with van der Waals surface area (Å²) in [4.78, 5) is 37.8. The van der Waals surface area contributed by atoms with Gasteiger partial charge in [-0.05, 0) is 32.4 Å². The Bertz CT molecular complexity index is 1390. The molecule has 1 unspecified atom stereocenters. The topological polar surface area (TPSA) is 201 Å². The number of nitrogen functional groups attached to an aromatic ring is 1. The summed E-state index contributed by atoms with van der Waals surface area (Å²) in [5.41, 5.74) is 7.51. The van der Waals surface area contributed by atoms with Crippen LogP contribution >= 0.6 is 0 Å². The summed E-state index contributed by atoms with van der Waals surface area (Å²) < 4.78 is 7.54. The van der Waals surface area contributed by atoms with Crippen molar-refractivity contribution in [3.05, 3.63) is 66.0 Å². The molecule has 3 heterocycles. The maximum absolute atomic E-state index is 10.3. The molecule has 3 aromatic rings. The number of rotatable bonds is 11. The number of aliphatic carboxylic acids is 3. The van der Waals surface area contributed by atoms with Gasteiger partial charge in [-0.15, -0.1) is 0 Å². The van der Waals surface area contributed by atoms with Crippen molar-refractivity contribution >= 4 is 29.4 Å². The molecule has 220 valence electrons. The number of para-hydroxylation sites is 1. The molecule has 0 saturated carbocycles. The number of aliphatic hydroxyl groups is 1. The Morgan fingerprint density at radius 2 is 1.85 bits per heavy atom. The number of carbonyl (C=O) groups is 3. The lowest BCUT2D eigenvalue weighted by Crippen LogP contribution is -2.42. The van der Waals surface area contributed by atoms with Gasteiger partial charge < -0.3 is 30.9 Å². The third-order valence-corrected chi connectivity index (χ3v) is 6.53. The number of nitrogens with zero attached hydrogens (tertiary/aromatic N) is 4. The van der Waals surface area contributed by atoms with Gasteiger partial charge in [0.05, 0.1) is 24.2 Å². The van der Waals surface area contributed by atoms with Gasteiger partial charge in [-0.1, -0.05) is 30.9 Å². The third-order valence-electron chi connectivity index (χ3n) is 6.53.